The molecule has 0 unspecified atom stereocenters. The first kappa shape index (κ1) is 43.9. The van der Waals surface area contributed by atoms with Crippen LogP contribution in [0.3, 0.4) is 0 Å². The Labute approximate surface area is 366 Å². The molecule has 1 saturated carbocycles. The summed E-state index contributed by atoms with van der Waals surface area (Å²) in [5.41, 5.74) is 3.01. The molecule has 6 atom stereocenters. The Kier molecular flexibility index (Phi) is 13.8. The van der Waals surface area contributed by atoms with Crippen LogP contribution in [-0.2, 0) is 16.1 Å². The van der Waals surface area contributed by atoms with E-state index in [0.717, 1.165) is 62.2 Å². The second-order valence-corrected chi connectivity index (χ2v) is 16.6. The number of unbranched alkanes of at least 4 members (excludes halogenated alkanes) is 2. The van der Waals surface area contributed by atoms with E-state index in [1.54, 1.807) is 17.0 Å². The Bertz CT molecular complexity index is 2180. The molecule has 16 heteroatoms. The molecule has 3 aromatic carbocycles. The predicted octanol–water partition coefficient (Wildman–Crippen LogP) is 6.98. The minimum Gasteiger partial charge on any atom is -0.492 e. The molecular formula is C47H56N4O12. The summed E-state index contributed by atoms with van der Waals surface area (Å²) >= 11 is 0. The summed E-state index contributed by atoms with van der Waals surface area (Å²) in [5, 5.41) is 36.0. The zero-order valence-electron chi connectivity index (χ0n) is 35.6. The summed E-state index contributed by atoms with van der Waals surface area (Å²) in [6.45, 7) is 7.82. The van der Waals surface area contributed by atoms with E-state index in [1.807, 2.05) is 24.3 Å². The van der Waals surface area contributed by atoms with Crippen LogP contribution < -0.4 is 23.7 Å². The quantitative estimate of drug-likeness (QED) is 0.0368. The van der Waals surface area contributed by atoms with Gasteiger partial charge in [-0.25, -0.2) is 4.79 Å². The van der Waals surface area contributed by atoms with Gasteiger partial charge in [-0.3, -0.25) is 19.9 Å². The van der Waals surface area contributed by atoms with Gasteiger partial charge in [-0.2, -0.15) is 0 Å². The van der Waals surface area contributed by atoms with Crippen LogP contribution in [0.4, 0.5) is 10.5 Å². The first-order chi connectivity index (χ1) is 30.8. The van der Waals surface area contributed by atoms with Gasteiger partial charge in [-0.15, -0.1) is 6.58 Å². The van der Waals surface area contributed by atoms with Gasteiger partial charge in [-0.1, -0.05) is 36.2 Å². The van der Waals surface area contributed by atoms with E-state index in [4.69, 9.17) is 33.3 Å². The van der Waals surface area contributed by atoms with E-state index in [-0.39, 0.29) is 68.8 Å². The number of benzene rings is 3. The van der Waals surface area contributed by atoms with Crippen molar-refractivity contribution in [2.75, 3.05) is 60.0 Å². The highest BCUT2D eigenvalue weighted by molar-refractivity contribution is 6.03. The van der Waals surface area contributed by atoms with E-state index < -0.39 is 28.8 Å². The highest BCUT2D eigenvalue weighted by Gasteiger charge is 2.65. The van der Waals surface area contributed by atoms with Gasteiger partial charge >= 0.3 is 6.09 Å². The zero-order chi connectivity index (χ0) is 43.9. The Hall–Kier alpha value is -5.68. The van der Waals surface area contributed by atoms with Crippen LogP contribution in [0.15, 0.2) is 90.1 Å². The third-order valence-corrected chi connectivity index (χ3v) is 12.7. The first-order valence-electron chi connectivity index (χ1n) is 21.8. The number of nitrogens with zero attached hydrogens (tertiary/aromatic N) is 4. The summed E-state index contributed by atoms with van der Waals surface area (Å²) in [5.74, 6) is 0.237. The number of oxime groups is 1. The van der Waals surface area contributed by atoms with Gasteiger partial charge in [0.15, 0.2) is 11.5 Å². The third-order valence-electron chi connectivity index (χ3n) is 12.7. The number of hydrogen-bond donors (Lipinski definition) is 2. The van der Waals surface area contributed by atoms with Gasteiger partial charge in [0, 0.05) is 69.4 Å². The van der Waals surface area contributed by atoms with Crippen LogP contribution >= 0.6 is 0 Å². The van der Waals surface area contributed by atoms with Gasteiger partial charge < -0.3 is 43.5 Å². The number of aliphatic hydroxyl groups excluding tert-OH is 2. The summed E-state index contributed by atoms with van der Waals surface area (Å²) in [4.78, 5) is 35.4. The summed E-state index contributed by atoms with van der Waals surface area (Å²) in [6, 6.07) is 15.8. The molecule has 1 amide bonds. The van der Waals surface area contributed by atoms with Gasteiger partial charge in [0.05, 0.1) is 23.2 Å². The molecule has 0 radical (unpaired) electrons. The number of carbonyl (C=O) groups excluding carboxylic acids is 1. The lowest BCUT2D eigenvalue weighted by Crippen LogP contribution is -2.70. The van der Waals surface area contributed by atoms with Crippen LogP contribution in [0.2, 0.25) is 0 Å². The standard InChI is InChI=1S/C47H56N4O12/c1-3-23-61-47-43(50(29-31-10-16-41-42(25-31)60-30-59-41)46(54)62-34-13-11-33(12-14-34)51(55)56)28-39(48-57-2)37-26-32(8-4-6-21-52)36(9-5-7-22-53)44(45(37)47)38-27-35(15-17-40(38)63-47)58-24-20-49-18-19-49/h3,10-17,25-27,32,36,43-45,52-53H,1,4-9,18-24,28-30H2,2H3/t32-,36+,43-,44+,45+,47+/m0/s1. The summed E-state index contributed by atoms with van der Waals surface area (Å²) in [6.07, 6.45) is 7.75. The van der Waals surface area contributed by atoms with Crippen molar-refractivity contribution in [1.82, 2.24) is 9.80 Å². The van der Waals surface area contributed by atoms with Gasteiger partial charge in [0.2, 0.25) is 12.6 Å². The van der Waals surface area contributed by atoms with Crippen LogP contribution in [-0.4, -0.2) is 109 Å². The second kappa shape index (κ2) is 19.8. The number of allylic oxidation sites excluding steroid dienone is 1. The van der Waals surface area contributed by atoms with E-state index >= 15 is 0 Å². The fourth-order valence-corrected chi connectivity index (χ4v) is 9.77. The Morgan fingerprint density at radius 1 is 1.00 bits per heavy atom. The molecule has 5 aliphatic rings. The van der Waals surface area contributed by atoms with Crippen LogP contribution in [0.5, 0.6) is 28.7 Å². The van der Waals surface area contributed by atoms with Gasteiger partial charge in [-0.05, 0) is 91.1 Å². The first-order valence-corrected chi connectivity index (χ1v) is 21.8. The monoisotopic (exact) mass is 868 g/mol. The Morgan fingerprint density at radius 3 is 2.48 bits per heavy atom. The number of non-ortho nitro benzene ring substituents is 1. The molecule has 336 valence electrons. The van der Waals surface area contributed by atoms with Crippen molar-refractivity contribution in [3.63, 3.8) is 0 Å². The molecule has 0 aromatic heterocycles. The normalized spacial score (nSPS) is 24.7. The number of aliphatic hydroxyl groups is 2. The minimum absolute atomic E-state index is 0.00669. The second-order valence-electron chi connectivity index (χ2n) is 16.6. The maximum atomic E-state index is 15.0. The van der Waals surface area contributed by atoms with Crippen molar-refractivity contribution in [2.45, 2.75) is 69.2 Å². The number of amides is 1. The average Bonchev–Trinajstić information content (AvgIpc) is 4.00. The largest absolute Gasteiger partial charge is 0.492 e. The number of nitro groups is 1. The van der Waals surface area contributed by atoms with E-state index in [0.29, 0.717) is 48.0 Å². The molecule has 1 saturated heterocycles. The van der Waals surface area contributed by atoms with E-state index in [9.17, 15) is 25.1 Å². The lowest BCUT2D eigenvalue weighted by Gasteiger charge is -2.59. The van der Waals surface area contributed by atoms with E-state index in [2.05, 4.69) is 28.8 Å². The fourth-order valence-electron chi connectivity index (χ4n) is 9.77. The Balaban J connectivity index is 1.29. The average molecular weight is 869 g/mol. The lowest BCUT2D eigenvalue weighted by molar-refractivity contribution is -0.384. The van der Waals surface area contributed by atoms with Crippen molar-refractivity contribution in [2.24, 2.45) is 22.9 Å². The van der Waals surface area contributed by atoms with Crippen LogP contribution in [0.1, 0.15) is 62.0 Å². The van der Waals surface area contributed by atoms with Crippen molar-refractivity contribution in [1.29, 1.82) is 0 Å². The number of carbonyl (C=O) groups is 1. The molecule has 16 nitrogen and oxygen atoms in total. The van der Waals surface area contributed by atoms with Crippen LogP contribution in [0.25, 0.3) is 0 Å². The SMILES string of the molecule is C=CCO[C@@]12Oc3ccc(OCCN4CC4)cc3[C@H]3[C@H](CCCCO)[C@@H](CCCCO)C=C(C(=NOC)C[C@@H]1N(Cc1ccc4c(c1)OCO4)C(=O)Oc1ccc([N+](=O)[O-])cc1)[C@H]32. The molecule has 63 heavy (non-hydrogen) atoms. The number of rotatable bonds is 21. The van der Waals surface area contributed by atoms with Gasteiger partial charge in [0.1, 0.15) is 37.0 Å². The number of ether oxygens (including phenoxy) is 6. The molecule has 3 aromatic rings. The molecule has 2 aliphatic carbocycles. The molecule has 0 spiro atoms. The highest BCUT2D eigenvalue weighted by atomic mass is 16.7. The predicted molar refractivity (Wildman–Crippen MR) is 231 cm³/mol. The summed E-state index contributed by atoms with van der Waals surface area (Å²) in [7, 11) is 1.50. The fraction of sp³-hybridized carbons (Fsp3) is 0.489. The maximum Gasteiger partial charge on any atom is 0.416 e. The molecule has 0 bridgehead atoms. The van der Waals surface area contributed by atoms with Crippen molar-refractivity contribution >= 4 is 17.5 Å². The molecule has 3 heterocycles. The number of fused-ring (bicyclic) bond motifs is 3. The highest BCUT2D eigenvalue weighted by Crippen LogP contribution is 2.62. The van der Waals surface area contributed by atoms with Crippen molar-refractivity contribution in [3.05, 3.63) is 106 Å². The van der Waals surface area contributed by atoms with Crippen LogP contribution in [0, 0.1) is 27.9 Å². The summed E-state index contributed by atoms with van der Waals surface area (Å²) < 4.78 is 38.2. The van der Waals surface area contributed by atoms with Gasteiger partial charge in [0.25, 0.3) is 5.69 Å². The van der Waals surface area contributed by atoms with Crippen molar-refractivity contribution in [3.8, 4) is 28.7 Å². The Morgan fingerprint density at radius 2 is 1.75 bits per heavy atom. The molecule has 2 fully saturated rings. The molecule has 3 aliphatic heterocycles. The topological polar surface area (TPSA) is 184 Å². The maximum absolute atomic E-state index is 15.0. The number of nitro benzene ring substituents is 1. The molecule has 2 N–H and O–H groups in total. The minimum atomic E-state index is -1.55. The molecule has 8 rings (SSSR count). The van der Waals surface area contributed by atoms with Crippen molar-refractivity contribution < 1.29 is 53.2 Å². The zero-order valence-corrected chi connectivity index (χ0v) is 35.6. The smallest absolute Gasteiger partial charge is 0.416 e. The lowest BCUT2D eigenvalue weighted by atomic mass is 9.55. The van der Waals surface area contributed by atoms with E-state index in [1.165, 1.54) is 31.4 Å². The molecular weight excluding hydrogens is 813 g/mol. The number of hydrogen-bond acceptors (Lipinski definition) is 14. The third kappa shape index (κ3) is 9.49.